The number of rotatable bonds is 2. The molecule has 0 saturated carbocycles. The van der Waals surface area contributed by atoms with Gasteiger partial charge in [0.25, 0.3) is 5.91 Å². The minimum atomic E-state index is -0.735. The quantitative estimate of drug-likeness (QED) is 0.703. The van der Waals surface area contributed by atoms with Crippen LogP contribution < -0.4 is 0 Å². The van der Waals surface area contributed by atoms with E-state index in [2.05, 4.69) is 0 Å². The van der Waals surface area contributed by atoms with E-state index in [-0.39, 0.29) is 5.91 Å². The number of hydrogen-bond acceptors (Lipinski definition) is 3. The lowest BCUT2D eigenvalue weighted by atomic mass is 9.95. The fraction of sp³-hybridized carbons (Fsp3) is 0.900. The fourth-order valence-electron chi connectivity index (χ4n) is 1.77. The van der Waals surface area contributed by atoms with E-state index in [1.54, 1.807) is 18.7 Å². The maximum atomic E-state index is 11.7. The van der Waals surface area contributed by atoms with Gasteiger partial charge in [-0.2, -0.15) is 0 Å². The fourth-order valence-corrected chi connectivity index (χ4v) is 1.77. The molecule has 4 nitrogen and oxygen atoms in total. The first kappa shape index (κ1) is 11.5. The molecule has 0 spiro atoms. The molecule has 1 fully saturated rings. The van der Waals surface area contributed by atoms with Crippen LogP contribution in [0.2, 0.25) is 0 Å². The molecule has 82 valence electrons. The van der Waals surface area contributed by atoms with E-state index in [0.29, 0.717) is 6.54 Å². The number of hydrogen-bond donors (Lipinski definition) is 1. The Hall–Kier alpha value is -0.610. The van der Waals surface area contributed by atoms with Gasteiger partial charge in [0, 0.05) is 20.2 Å². The summed E-state index contributed by atoms with van der Waals surface area (Å²) in [5.74, 6) is -0.0347. The topological polar surface area (TPSA) is 49.8 Å². The summed E-state index contributed by atoms with van der Waals surface area (Å²) in [5.41, 5.74) is -0.735. The van der Waals surface area contributed by atoms with E-state index in [9.17, 15) is 9.90 Å². The van der Waals surface area contributed by atoms with Gasteiger partial charge in [0.2, 0.25) is 0 Å². The van der Waals surface area contributed by atoms with Crippen molar-refractivity contribution in [2.24, 2.45) is 0 Å². The van der Waals surface area contributed by atoms with Crippen molar-refractivity contribution in [3.8, 4) is 0 Å². The molecule has 0 aromatic carbocycles. The lowest BCUT2D eigenvalue weighted by Crippen LogP contribution is -2.51. The number of ether oxygens (including phenoxy) is 1. The largest absolute Gasteiger partial charge is 0.388 e. The van der Waals surface area contributed by atoms with Crippen LogP contribution in [0.15, 0.2) is 0 Å². The number of nitrogens with zero attached hydrogens (tertiary/aromatic N) is 1. The molecular weight excluding hydrogens is 182 g/mol. The molecule has 0 aromatic heterocycles. The molecule has 1 amide bonds. The van der Waals surface area contributed by atoms with Gasteiger partial charge in [-0.25, -0.2) is 0 Å². The smallest absolute Gasteiger partial charge is 0.251 e. The highest BCUT2D eigenvalue weighted by molar-refractivity contribution is 5.80. The lowest BCUT2D eigenvalue weighted by Gasteiger charge is -2.37. The number of aliphatic hydroxyl groups is 1. The van der Waals surface area contributed by atoms with E-state index < -0.39 is 11.7 Å². The Balaban J connectivity index is 2.56. The van der Waals surface area contributed by atoms with Crippen LogP contribution in [0.5, 0.6) is 0 Å². The Morgan fingerprint density at radius 1 is 1.64 bits per heavy atom. The summed E-state index contributed by atoms with van der Waals surface area (Å²) in [6, 6.07) is 0. The Kier molecular flexibility index (Phi) is 3.50. The van der Waals surface area contributed by atoms with Gasteiger partial charge in [0.1, 0.15) is 6.10 Å². The highest BCUT2D eigenvalue weighted by Gasteiger charge is 2.32. The SMILES string of the molecule is COC(C)C(=O)N1CCCC(C)(O)C1. The van der Waals surface area contributed by atoms with Crippen LogP contribution in [0.25, 0.3) is 0 Å². The second-order valence-corrected chi connectivity index (χ2v) is 4.24. The highest BCUT2D eigenvalue weighted by Crippen LogP contribution is 2.20. The molecule has 2 atom stereocenters. The van der Waals surface area contributed by atoms with Crippen molar-refractivity contribution in [2.45, 2.75) is 38.4 Å². The number of likely N-dealkylation sites (tertiary alicyclic amines) is 1. The van der Waals surface area contributed by atoms with Crippen molar-refractivity contribution in [1.29, 1.82) is 0 Å². The van der Waals surface area contributed by atoms with Gasteiger partial charge < -0.3 is 14.7 Å². The Morgan fingerprint density at radius 3 is 2.79 bits per heavy atom. The molecule has 1 N–H and O–H groups in total. The first-order valence-electron chi connectivity index (χ1n) is 5.00. The molecular formula is C10H19NO3. The molecule has 0 aromatic rings. The first-order valence-corrected chi connectivity index (χ1v) is 5.00. The van der Waals surface area contributed by atoms with Crippen LogP contribution in [-0.2, 0) is 9.53 Å². The lowest BCUT2D eigenvalue weighted by molar-refractivity contribution is -0.147. The third kappa shape index (κ3) is 2.69. The van der Waals surface area contributed by atoms with Crippen molar-refractivity contribution in [2.75, 3.05) is 20.2 Å². The van der Waals surface area contributed by atoms with Gasteiger partial charge in [-0.1, -0.05) is 0 Å². The van der Waals surface area contributed by atoms with Crippen LogP contribution in [-0.4, -0.2) is 47.8 Å². The summed E-state index contributed by atoms with van der Waals surface area (Å²) in [4.78, 5) is 13.4. The van der Waals surface area contributed by atoms with E-state index in [1.807, 2.05) is 0 Å². The van der Waals surface area contributed by atoms with E-state index >= 15 is 0 Å². The molecule has 1 aliphatic rings. The molecule has 1 heterocycles. The molecule has 1 aliphatic heterocycles. The third-order valence-electron chi connectivity index (χ3n) is 2.69. The Morgan fingerprint density at radius 2 is 2.29 bits per heavy atom. The summed E-state index contributed by atoms with van der Waals surface area (Å²) in [7, 11) is 1.52. The van der Waals surface area contributed by atoms with Gasteiger partial charge in [0.05, 0.1) is 5.60 Å². The standard InChI is InChI=1S/C10H19NO3/c1-8(14-3)9(12)11-6-4-5-10(2,13)7-11/h8,13H,4-7H2,1-3H3. The van der Waals surface area contributed by atoms with E-state index in [0.717, 1.165) is 19.4 Å². The summed E-state index contributed by atoms with van der Waals surface area (Å²) >= 11 is 0. The molecule has 14 heavy (non-hydrogen) atoms. The van der Waals surface area contributed by atoms with Crippen molar-refractivity contribution < 1.29 is 14.6 Å². The van der Waals surface area contributed by atoms with Crippen molar-refractivity contribution >= 4 is 5.91 Å². The van der Waals surface area contributed by atoms with Crippen LogP contribution in [0, 0.1) is 0 Å². The van der Waals surface area contributed by atoms with E-state index in [4.69, 9.17) is 4.74 Å². The predicted octanol–water partition coefficient (Wildman–Crippen LogP) is 0.395. The van der Waals surface area contributed by atoms with Crippen molar-refractivity contribution in [3.63, 3.8) is 0 Å². The zero-order chi connectivity index (χ0) is 10.8. The van der Waals surface area contributed by atoms with Gasteiger partial charge in [-0.15, -0.1) is 0 Å². The predicted molar refractivity (Wildman–Crippen MR) is 52.9 cm³/mol. The second-order valence-electron chi connectivity index (χ2n) is 4.24. The molecule has 0 bridgehead atoms. The minimum absolute atomic E-state index is 0.0347. The Labute approximate surface area is 84.8 Å². The van der Waals surface area contributed by atoms with Crippen LogP contribution >= 0.6 is 0 Å². The zero-order valence-corrected chi connectivity index (χ0v) is 9.12. The maximum absolute atomic E-state index is 11.7. The van der Waals surface area contributed by atoms with Crippen molar-refractivity contribution in [1.82, 2.24) is 4.90 Å². The van der Waals surface area contributed by atoms with Gasteiger partial charge in [-0.3, -0.25) is 4.79 Å². The van der Waals surface area contributed by atoms with Crippen LogP contribution in [0.3, 0.4) is 0 Å². The molecule has 0 radical (unpaired) electrons. The number of carbonyl (C=O) groups is 1. The summed E-state index contributed by atoms with van der Waals surface area (Å²) in [5, 5.41) is 9.81. The molecule has 0 aliphatic carbocycles. The minimum Gasteiger partial charge on any atom is -0.388 e. The van der Waals surface area contributed by atoms with Crippen LogP contribution in [0.4, 0.5) is 0 Å². The highest BCUT2D eigenvalue weighted by atomic mass is 16.5. The number of carbonyl (C=O) groups excluding carboxylic acids is 1. The van der Waals surface area contributed by atoms with Crippen molar-refractivity contribution in [3.05, 3.63) is 0 Å². The average molecular weight is 201 g/mol. The van der Waals surface area contributed by atoms with E-state index in [1.165, 1.54) is 7.11 Å². The number of methoxy groups -OCH3 is 1. The maximum Gasteiger partial charge on any atom is 0.251 e. The van der Waals surface area contributed by atoms with Crippen LogP contribution in [0.1, 0.15) is 26.7 Å². The zero-order valence-electron chi connectivity index (χ0n) is 9.12. The molecule has 1 saturated heterocycles. The number of β-amino-alcohol motifs (C(OH)–C–C–N with tert-alkyl or cyclic N) is 1. The normalized spacial score (nSPS) is 30.1. The summed E-state index contributed by atoms with van der Waals surface area (Å²) in [6.07, 6.45) is 1.21. The molecule has 2 unspecified atom stereocenters. The summed E-state index contributed by atoms with van der Waals surface area (Å²) in [6.45, 7) is 4.64. The first-order chi connectivity index (χ1) is 6.46. The van der Waals surface area contributed by atoms with Gasteiger partial charge in [-0.05, 0) is 26.7 Å². The second kappa shape index (κ2) is 4.28. The molecule has 4 heteroatoms. The van der Waals surface area contributed by atoms with Gasteiger partial charge in [0.15, 0.2) is 0 Å². The third-order valence-corrected chi connectivity index (χ3v) is 2.69. The Bertz CT molecular complexity index is 215. The molecule has 1 rings (SSSR count). The number of piperidine rings is 1. The van der Waals surface area contributed by atoms with Gasteiger partial charge >= 0.3 is 0 Å². The summed E-state index contributed by atoms with van der Waals surface area (Å²) < 4.78 is 4.96. The average Bonchev–Trinajstić information content (AvgIpc) is 2.14. The monoisotopic (exact) mass is 201 g/mol. The number of amides is 1.